The highest BCUT2D eigenvalue weighted by Crippen LogP contribution is 2.16. The Morgan fingerprint density at radius 1 is 1.37 bits per heavy atom. The summed E-state index contributed by atoms with van der Waals surface area (Å²) in [6.07, 6.45) is 2.59. The van der Waals surface area contributed by atoms with Crippen LogP contribution in [-0.2, 0) is 4.74 Å². The minimum absolute atomic E-state index is 0.306. The maximum Gasteiger partial charge on any atom is 0.224 e. The minimum atomic E-state index is 0.306. The largest absolute Gasteiger partial charge is 0.376 e. The van der Waals surface area contributed by atoms with Gasteiger partial charge in [0.15, 0.2) is 0 Å². The predicted octanol–water partition coefficient (Wildman–Crippen LogP) is 2.22. The lowest BCUT2D eigenvalue weighted by atomic mass is 10.2. The first-order valence-electron chi connectivity index (χ1n) is 7.19. The fourth-order valence-corrected chi connectivity index (χ4v) is 2.35. The third-order valence-electron chi connectivity index (χ3n) is 3.44. The molecule has 2 rings (SSSR count). The van der Waals surface area contributed by atoms with E-state index in [1.807, 2.05) is 13.0 Å². The van der Waals surface area contributed by atoms with E-state index in [9.17, 15) is 0 Å². The molecule has 0 aliphatic carbocycles. The van der Waals surface area contributed by atoms with Crippen LogP contribution in [0, 0.1) is 6.92 Å². The molecule has 1 atom stereocenters. The fraction of sp³-hybridized carbons (Fsp3) is 0.714. The van der Waals surface area contributed by atoms with Crippen molar-refractivity contribution >= 4 is 11.8 Å². The number of hydrogen-bond donors (Lipinski definition) is 1. The van der Waals surface area contributed by atoms with Crippen LogP contribution in [0.25, 0.3) is 0 Å². The average Bonchev–Trinajstić information content (AvgIpc) is 2.90. The van der Waals surface area contributed by atoms with E-state index in [4.69, 9.17) is 4.74 Å². The zero-order valence-corrected chi connectivity index (χ0v) is 12.1. The number of aryl methyl sites for hydroxylation is 1. The number of nitrogens with zero attached hydrogens (tertiary/aromatic N) is 3. The molecular formula is C14H24N4O. The van der Waals surface area contributed by atoms with Gasteiger partial charge in [-0.2, -0.15) is 4.98 Å². The number of hydrogen-bond acceptors (Lipinski definition) is 5. The van der Waals surface area contributed by atoms with Crippen molar-refractivity contribution in [3.05, 3.63) is 11.8 Å². The summed E-state index contributed by atoms with van der Waals surface area (Å²) in [5, 5.41) is 3.30. The van der Waals surface area contributed by atoms with Crippen molar-refractivity contribution in [3.63, 3.8) is 0 Å². The van der Waals surface area contributed by atoms with E-state index >= 15 is 0 Å². The molecule has 5 nitrogen and oxygen atoms in total. The molecule has 0 spiro atoms. The van der Waals surface area contributed by atoms with Gasteiger partial charge in [0.25, 0.3) is 0 Å². The highest BCUT2D eigenvalue weighted by atomic mass is 16.5. The molecule has 0 amide bonds. The Balaban J connectivity index is 2.03. The average molecular weight is 264 g/mol. The molecule has 5 heteroatoms. The number of aromatic nitrogens is 2. The summed E-state index contributed by atoms with van der Waals surface area (Å²) < 4.78 is 5.60. The molecule has 1 aliphatic heterocycles. The molecule has 1 saturated heterocycles. The first-order chi connectivity index (χ1) is 9.22. The predicted molar refractivity (Wildman–Crippen MR) is 77.8 cm³/mol. The monoisotopic (exact) mass is 264 g/mol. The lowest BCUT2D eigenvalue weighted by molar-refractivity contribution is 0.120. The number of ether oxygens (including phenoxy) is 1. The molecule has 1 aliphatic rings. The van der Waals surface area contributed by atoms with Gasteiger partial charge in [-0.25, -0.2) is 4.98 Å². The number of rotatable bonds is 6. The standard InChI is InChI=1S/C14H24N4O/c1-4-18(5-2)13-9-11(3)16-14(17-13)15-10-12-7-6-8-19-12/h9,12H,4-8,10H2,1-3H3,(H,15,16,17). The molecule has 1 fully saturated rings. The van der Waals surface area contributed by atoms with Crippen molar-refractivity contribution < 1.29 is 4.74 Å². The first-order valence-corrected chi connectivity index (χ1v) is 7.19. The maximum atomic E-state index is 5.60. The van der Waals surface area contributed by atoms with Crippen molar-refractivity contribution in [1.82, 2.24) is 9.97 Å². The van der Waals surface area contributed by atoms with E-state index in [2.05, 4.69) is 34.0 Å². The van der Waals surface area contributed by atoms with Gasteiger partial charge in [0.1, 0.15) is 5.82 Å². The highest BCUT2D eigenvalue weighted by molar-refractivity contribution is 5.44. The summed E-state index contributed by atoms with van der Waals surface area (Å²) in [5.41, 5.74) is 0.992. The molecule has 2 heterocycles. The van der Waals surface area contributed by atoms with Gasteiger partial charge in [-0.1, -0.05) is 0 Å². The lowest BCUT2D eigenvalue weighted by Crippen LogP contribution is -2.25. The Morgan fingerprint density at radius 2 is 2.16 bits per heavy atom. The summed E-state index contributed by atoms with van der Waals surface area (Å²) in [6, 6.07) is 2.03. The van der Waals surface area contributed by atoms with Crippen molar-refractivity contribution in [2.45, 2.75) is 39.7 Å². The Hall–Kier alpha value is -1.36. The Morgan fingerprint density at radius 3 is 2.79 bits per heavy atom. The third-order valence-corrected chi connectivity index (χ3v) is 3.44. The summed E-state index contributed by atoms with van der Waals surface area (Å²) in [4.78, 5) is 11.3. The molecule has 0 saturated carbocycles. The quantitative estimate of drug-likeness (QED) is 0.854. The third kappa shape index (κ3) is 3.80. The van der Waals surface area contributed by atoms with Gasteiger partial charge in [-0.05, 0) is 33.6 Å². The second-order valence-corrected chi connectivity index (χ2v) is 4.88. The fourth-order valence-electron chi connectivity index (χ4n) is 2.35. The van der Waals surface area contributed by atoms with Gasteiger partial charge in [-0.15, -0.1) is 0 Å². The zero-order valence-electron chi connectivity index (χ0n) is 12.1. The van der Waals surface area contributed by atoms with Crippen LogP contribution in [0.5, 0.6) is 0 Å². The van der Waals surface area contributed by atoms with Crippen LogP contribution in [0.2, 0.25) is 0 Å². The molecule has 0 radical (unpaired) electrons. The second kappa shape index (κ2) is 6.70. The second-order valence-electron chi connectivity index (χ2n) is 4.88. The smallest absolute Gasteiger partial charge is 0.224 e. The van der Waals surface area contributed by atoms with Crippen LogP contribution in [-0.4, -0.2) is 42.3 Å². The molecule has 1 aromatic heterocycles. The van der Waals surface area contributed by atoms with Gasteiger partial charge >= 0.3 is 0 Å². The van der Waals surface area contributed by atoms with Crippen LogP contribution in [0.4, 0.5) is 11.8 Å². The highest BCUT2D eigenvalue weighted by Gasteiger charge is 2.15. The minimum Gasteiger partial charge on any atom is -0.376 e. The van der Waals surface area contributed by atoms with Crippen LogP contribution < -0.4 is 10.2 Å². The van der Waals surface area contributed by atoms with Crippen LogP contribution >= 0.6 is 0 Å². The summed E-state index contributed by atoms with van der Waals surface area (Å²) in [7, 11) is 0. The molecule has 1 N–H and O–H groups in total. The summed E-state index contributed by atoms with van der Waals surface area (Å²) >= 11 is 0. The SMILES string of the molecule is CCN(CC)c1cc(C)nc(NCC2CCCO2)n1. The van der Waals surface area contributed by atoms with E-state index in [1.54, 1.807) is 0 Å². The van der Waals surface area contributed by atoms with Gasteiger partial charge in [0.2, 0.25) is 5.95 Å². The van der Waals surface area contributed by atoms with E-state index in [0.29, 0.717) is 12.1 Å². The van der Waals surface area contributed by atoms with E-state index in [0.717, 1.165) is 50.6 Å². The zero-order chi connectivity index (χ0) is 13.7. The Labute approximate surface area is 115 Å². The molecule has 0 aromatic carbocycles. The van der Waals surface area contributed by atoms with Gasteiger partial charge in [0.05, 0.1) is 6.10 Å². The van der Waals surface area contributed by atoms with Crippen LogP contribution in [0.1, 0.15) is 32.4 Å². The van der Waals surface area contributed by atoms with E-state index in [1.165, 1.54) is 0 Å². The maximum absolute atomic E-state index is 5.60. The molecule has 106 valence electrons. The molecule has 0 bridgehead atoms. The van der Waals surface area contributed by atoms with Crippen LogP contribution in [0.3, 0.4) is 0 Å². The molecular weight excluding hydrogens is 240 g/mol. The first kappa shape index (κ1) is 14.1. The summed E-state index contributed by atoms with van der Waals surface area (Å²) in [5.74, 6) is 1.70. The van der Waals surface area contributed by atoms with Crippen molar-refractivity contribution in [2.24, 2.45) is 0 Å². The van der Waals surface area contributed by atoms with Gasteiger partial charge < -0.3 is 15.0 Å². The molecule has 1 unspecified atom stereocenters. The number of nitrogens with one attached hydrogen (secondary N) is 1. The topological polar surface area (TPSA) is 50.3 Å². The molecule has 19 heavy (non-hydrogen) atoms. The van der Waals surface area contributed by atoms with Gasteiger partial charge in [0, 0.05) is 38.0 Å². The van der Waals surface area contributed by atoms with Crippen molar-refractivity contribution in [3.8, 4) is 0 Å². The normalized spacial score (nSPS) is 18.6. The Bertz CT molecular complexity index is 400. The Kier molecular flexibility index (Phi) is 4.96. The van der Waals surface area contributed by atoms with Gasteiger partial charge in [-0.3, -0.25) is 0 Å². The lowest BCUT2D eigenvalue weighted by Gasteiger charge is -2.21. The number of anilines is 2. The van der Waals surface area contributed by atoms with Crippen molar-refractivity contribution in [1.29, 1.82) is 0 Å². The van der Waals surface area contributed by atoms with Crippen LogP contribution in [0.15, 0.2) is 6.07 Å². The summed E-state index contributed by atoms with van der Waals surface area (Å²) in [6.45, 7) is 9.87. The van der Waals surface area contributed by atoms with E-state index < -0.39 is 0 Å². The van der Waals surface area contributed by atoms with E-state index in [-0.39, 0.29) is 0 Å². The van der Waals surface area contributed by atoms with Crippen molar-refractivity contribution in [2.75, 3.05) is 36.5 Å². The molecule has 1 aromatic rings.